The average Bonchev–Trinajstić information content (AvgIpc) is 3.38. The highest BCUT2D eigenvalue weighted by Gasteiger charge is 2.49. The molecule has 0 spiro atoms. The van der Waals surface area contributed by atoms with Crippen molar-refractivity contribution in [3.63, 3.8) is 0 Å². The van der Waals surface area contributed by atoms with Crippen LogP contribution in [0.1, 0.15) is 44.9 Å². The Balaban J connectivity index is 0.000000173. The van der Waals surface area contributed by atoms with Gasteiger partial charge in [0, 0.05) is 32.2 Å². The van der Waals surface area contributed by atoms with Crippen LogP contribution in [0.5, 0.6) is 0 Å². The van der Waals surface area contributed by atoms with Crippen LogP contribution in [-0.2, 0) is 28.9 Å². The van der Waals surface area contributed by atoms with Crippen LogP contribution < -0.4 is 11.0 Å². The van der Waals surface area contributed by atoms with Crippen LogP contribution >= 0.6 is 0 Å². The lowest BCUT2D eigenvalue weighted by Gasteiger charge is -2.36. The normalized spacial score (nSPS) is 31.1. The fourth-order valence-electron chi connectivity index (χ4n) is 6.83. The zero-order valence-electron chi connectivity index (χ0n) is 25.6. The van der Waals surface area contributed by atoms with E-state index >= 15 is 0 Å². The quantitative estimate of drug-likeness (QED) is 0.328. The number of urea groups is 2. The average molecular weight is 611 g/mol. The fourth-order valence-corrected chi connectivity index (χ4v) is 6.83. The van der Waals surface area contributed by atoms with Gasteiger partial charge < -0.3 is 19.6 Å². The monoisotopic (exact) mass is 610 g/mol. The van der Waals surface area contributed by atoms with Crippen molar-refractivity contribution in [2.24, 2.45) is 0 Å². The van der Waals surface area contributed by atoms with Crippen molar-refractivity contribution in [3.8, 4) is 0 Å². The molecule has 0 saturated carbocycles. The number of hydrogen-bond acceptors (Lipinski definition) is 10. The molecule has 6 heterocycles. The molecule has 16 nitrogen and oxygen atoms in total. The van der Waals surface area contributed by atoms with E-state index in [4.69, 9.17) is 19.4 Å². The second-order valence-corrected chi connectivity index (χ2v) is 12.2. The van der Waals surface area contributed by atoms with E-state index in [1.54, 1.807) is 9.80 Å². The molecule has 4 bridgehead atoms. The standard InChI is InChI=1S/C15H26N4O4.C12H20N4O4/c1-17-8-4-3-5-12(17)10-23-16-14(20)13-7-6-11-9-18(13)15(21)19(11)22-2;1-14-6-9(7-14)20-13-11(17)10-4-3-8-5-15(10)12(18)16(8)19-2/h11-13H,3-10H2,1-2H3,(H,16,20);8-10H,3-7H2,1-2H3,(H,13,17)/t11-,12+,13+;8-,10+/m11/s1. The summed E-state index contributed by atoms with van der Waals surface area (Å²) in [5.41, 5.74) is 5.03. The highest BCUT2D eigenvalue weighted by Crippen LogP contribution is 2.31. The first-order valence-electron chi connectivity index (χ1n) is 15.3. The summed E-state index contributed by atoms with van der Waals surface area (Å²) in [5.74, 6) is -0.488. The summed E-state index contributed by atoms with van der Waals surface area (Å²) in [5, 5.41) is 2.72. The van der Waals surface area contributed by atoms with Crippen LogP contribution in [0.25, 0.3) is 0 Å². The summed E-state index contributed by atoms with van der Waals surface area (Å²) < 4.78 is 0. The summed E-state index contributed by atoms with van der Waals surface area (Å²) in [6.07, 6.45) is 6.35. The Kier molecular flexibility index (Phi) is 10.2. The number of carbonyl (C=O) groups is 4. The van der Waals surface area contributed by atoms with Gasteiger partial charge in [0.2, 0.25) is 0 Å². The van der Waals surface area contributed by atoms with Gasteiger partial charge in [-0.05, 0) is 59.2 Å². The number of fused-ring (bicyclic) bond motifs is 4. The third-order valence-corrected chi connectivity index (χ3v) is 9.37. The molecule has 0 aromatic heterocycles. The molecule has 5 atom stereocenters. The molecule has 242 valence electrons. The molecule has 0 radical (unpaired) electrons. The van der Waals surface area contributed by atoms with Crippen LogP contribution in [-0.4, -0.2) is 158 Å². The molecule has 0 unspecified atom stereocenters. The molecule has 6 amide bonds. The SMILES string of the molecule is CON1C(=O)N2C[C@H]1CC[C@H]2C(=O)NOC1CN(C)C1.CON1C(=O)N2C[C@H]1CC[C@H]2C(=O)NOC[C@@H]1CCCCN1C. The van der Waals surface area contributed by atoms with Crippen molar-refractivity contribution in [2.75, 3.05) is 67.6 Å². The van der Waals surface area contributed by atoms with Gasteiger partial charge in [-0.1, -0.05) is 6.42 Å². The molecule has 6 aliphatic heterocycles. The molecule has 16 heteroatoms. The van der Waals surface area contributed by atoms with Crippen LogP contribution in [0.3, 0.4) is 0 Å². The molecule has 0 aromatic rings. The lowest BCUT2D eigenvalue weighted by atomic mass is 10.0. The lowest BCUT2D eigenvalue weighted by molar-refractivity contribution is -0.152. The summed E-state index contributed by atoms with van der Waals surface area (Å²) in [7, 11) is 7.04. The van der Waals surface area contributed by atoms with Gasteiger partial charge in [0.15, 0.2) is 0 Å². The minimum atomic E-state index is -0.469. The molecule has 0 aromatic carbocycles. The van der Waals surface area contributed by atoms with Crippen molar-refractivity contribution in [1.29, 1.82) is 0 Å². The third kappa shape index (κ3) is 6.83. The van der Waals surface area contributed by atoms with E-state index in [2.05, 4.69) is 27.8 Å². The smallest absolute Gasteiger partial charge is 0.309 e. The Morgan fingerprint density at radius 1 is 0.767 bits per heavy atom. The number of likely N-dealkylation sites (N-methyl/N-ethyl adjacent to an activating group) is 2. The van der Waals surface area contributed by atoms with Crippen molar-refractivity contribution in [2.45, 2.75) is 81.3 Å². The van der Waals surface area contributed by atoms with Crippen molar-refractivity contribution in [1.82, 2.24) is 40.7 Å². The number of piperidine rings is 3. The predicted molar refractivity (Wildman–Crippen MR) is 150 cm³/mol. The lowest BCUT2D eigenvalue weighted by Crippen LogP contribution is -2.55. The van der Waals surface area contributed by atoms with Crippen LogP contribution in [0.4, 0.5) is 9.59 Å². The summed E-state index contributed by atoms with van der Waals surface area (Å²) in [6.45, 7) is 4.25. The zero-order valence-corrected chi connectivity index (χ0v) is 25.6. The van der Waals surface area contributed by atoms with Crippen molar-refractivity contribution in [3.05, 3.63) is 0 Å². The maximum atomic E-state index is 12.3. The first-order valence-corrected chi connectivity index (χ1v) is 15.3. The van der Waals surface area contributed by atoms with Gasteiger partial charge in [-0.15, -0.1) is 0 Å². The second kappa shape index (κ2) is 13.9. The molecule has 2 N–H and O–H groups in total. The van der Waals surface area contributed by atoms with Crippen molar-refractivity contribution >= 4 is 23.9 Å². The maximum Gasteiger partial charge on any atom is 0.345 e. The first-order chi connectivity index (χ1) is 20.7. The number of likely N-dealkylation sites (tertiary alicyclic amines) is 2. The van der Waals surface area contributed by atoms with E-state index < -0.39 is 12.1 Å². The number of nitrogens with one attached hydrogen (secondary N) is 2. The summed E-state index contributed by atoms with van der Waals surface area (Å²) in [4.78, 5) is 77.2. The largest absolute Gasteiger partial charge is 0.345 e. The number of rotatable bonds is 9. The van der Waals surface area contributed by atoms with Crippen LogP contribution in [0.2, 0.25) is 0 Å². The second-order valence-electron chi connectivity index (χ2n) is 12.2. The van der Waals surface area contributed by atoms with E-state index in [9.17, 15) is 19.2 Å². The molecule has 0 aliphatic carbocycles. The Morgan fingerprint density at radius 3 is 1.84 bits per heavy atom. The Labute approximate surface area is 252 Å². The molecular weight excluding hydrogens is 564 g/mol. The molecular formula is C27H46N8O8. The predicted octanol–water partition coefficient (Wildman–Crippen LogP) is -0.473. The zero-order chi connectivity index (χ0) is 30.7. The number of amides is 6. The summed E-state index contributed by atoms with van der Waals surface area (Å²) in [6, 6.07) is -0.955. The van der Waals surface area contributed by atoms with Gasteiger partial charge in [-0.2, -0.15) is 10.1 Å². The molecule has 6 aliphatic rings. The summed E-state index contributed by atoms with van der Waals surface area (Å²) >= 11 is 0. The van der Waals surface area contributed by atoms with Gasteiger partial charge in [0.1, 0.15) is 18.2 Å². The Bertz CT molecular complexity index is 1030. The topological polar surface area (TPSA) is 149 Å². The Hall–Kier alpha value is -2.76. The minimum Gasteiger partial charge on any atom is -0.309 e. The number of carbonyl (C=O) groups excluding carboxylic acids is 4. The van der Waals surface area contributed by atoms with Gasteiger partial charge >= 0.3 is 12.1 Å². The molecule has 43 heavy (non-hydrogen) atoms. The maximum absolute atomic E-state index is 12.3. The number of hydrogen-bond donors (Lipinski definition) is 2. The number of nitrogens with zero attached hydrogens (tertiary/aromatic N) is 6. The highest BCUT2D eigenvalue weighted by atomic mass is 16.7. The molecule has 6 fully saturated rings. The highest BCUT2D eigenvalue weighted by molar-refractivity contribution is 5.88. The van der Waals surface area contributed by atoms with E-state index in [0.717, 1.165) is 38.9 Å². The molecule has 6 saturated heterocycles. The van der Waals surface area contributed by atoms with Gasteiger partial charge in [0.25, 0.3) is 11.8 Å². The van der Waals surface area contributed by atoms with Gasteiger partial charge in [0.05, 0.1) is 32.9 Å². The molecule has 6 rings (SSSR count). The van der Waals surface area contributed by atoms with Gasteiger partial charge in [-0.25, -0.2) is 20.5 Å². The third-order valence-electron chi connectivity index (χ3n) is 9.37. The van der Waals surface area contributed by atoms with E-state index in [1.165, 1.54) is 37.2 Å². The van der Waals surface area contributed by atoms with Crippen LogP contribution in [0.15, 0.2) is 0 Å². The van der Waals surface area contributed by atoms with E-state index in [0.29, 0.717) is 38.6 Å². The Morgan fingerprint density at radius 2 is 1.33 bits per heavy atom. The number of hydroxylamine groups is 6. The first kappa shape index (κ1) is 31.7. The van der Waals surface area contributed by atoms with E-state index in [-0.39, 0.29) is 42.1 Å². The fraction of sp³-hybridized carbons (Fsp3) is 0.852. The van der Waals surface area contributed by atoms with Gasteiger partial charge in [-0.3, -0.25) is 28.9 Å². The van der Waals surface area contributed by atoms with E-state index in [1.807, 2.05) is 7.05 Å². The van der Waals surface area contributed by atoms with Crippen molar-refractivity contribution < 1.29 is 38.5 Å². The minimum absolute atomic E-state index is 0.0463. The van der Waals surface area contributed by atoms with Crippen LogP contribution in [0, 0.1) is 0 Å².